The third kappa shape index (κ3) is 2.58. The molecule has 0 bridgehead atoms. The van der Waals surface area contributed by atoms with Crippen molar-refractivity contribution >= 4 is 17.1 Å². The lowest BCUT2D eigenvalue weighted by atomic mass is 9.98. The van der Waals surface area contributed by atoms with Gasteiger partial charge in [-0.05, 0) is 31.6 Å². The smallest absolute Gasteiger partial charge is 0.332 e. The molecule has 0 atom stereocenters. The maximum Gasteiger partial charge on any atom is 0.332 e. The number of nitrogens with zero attached hydrogens (tertiary/aromatic N) is 5. The standard InChI is InChI=1S/C16H25N5O2/c1-11-7-5-9-21(10-6-8-11)15-17-13-12(18(15)2)14(22)20(4)16(23)19(13)3/h11H,5-10H2,1-4H3. The van der Waals surface area contributed by atoms with Gasteiger partial charge in [-0.1, -0.05) is 6.92 Å². The lowest BCUT2D eigenvalue weighted by molar-refractivity contribution is 0.431. The van der Waals surface area contributed by atoms with Crippen LogP contribution in [0, 0.1) is 5.92 Å². The number of fused-ring (bicyclic) bond motifs is 1. The highest BCUT2D eigenvalue weighted by molar-refractivity contribution is 5.74. The average Bonchev–Trinajstić information content (AvgIpc) is 2.84. The van der Waals surface area contributed by atoms with Gasteiger partial charge >= 0.3 is 5.69 Å². The molecule has 1 aliphatic heterocycles. The van der Waals surface area contributed by atoms with Gasteiger partial charge in [-0.15, -0.1) is 0 Å². The molecule has 2 aromatic heterocycles. The minimum atomic E-state index is -0.339. The summed E-state index contributed by atoms with van der Waals surface area (Å²) in [5.41, 5.74) is 0.324. The molecule has 7 nitrogen and oxygen atoms in total. The number of hydrogen-bond acceptors (Lipinski definition) is 4. The Morgan fingerprint density at radius 2 is 1.57 bits per heavy atom. The van der Waals surface area contributed by atoms with Crippen LogP contribution in [0.15, 0.2) is 9.59 Å². The fourth-order valence-electron chi connectivity index (χ4n) is 3.51. The molecular weight excluding hydrogens is 294 g/mol. The van der Waals surface area contributed by atoms with Gasteiger partial charge in [0.2, 0.25) is 5.95 Å². The van der Waals surface area contributed by atoms with Crippen LogP contribution in [0.25, 0.3) is 11.2 Å². The van der Waals surface area contributed by atoms with Gasteiger partial charge in [-0.2, -0.15) is 4.98 Å². The Balaban J connectivity index is 2.10. The molecule has 0 amide bonds. The van der Waals surface area contributed by atoms with Crippen LogP contribution in [0.5, 0.6) is 0 Å². The van der Waals surface area contributed by atoms with Gasteiger partial charge < -0.3 is 9.47 Å². The first-order chi connectivity index (χ1) is 10.9. The van der Waals surface area contributed by atoms with Crippen LogP contribution in [-0.2, 0) is 21.1 Å². The second-order valence-electron chi connectivity index (χ2n) is 6.73. The number of imidazole rings is 1. The van der Waals surface area contributed by atoms with E-state index >= 15 is 0 Å². The van der Waals surface area contributed by atoms with Gasteiger partial charge in [0.1, 0.15) is 0 Å². The lowest BCUT2D eigenvalue weighted by Gasteiger charge is -2.27. The molecule has 7 heteroatoms. The van der Waals surface area contributed by atoms with Gasteiger partial charge in [-0.3, -0.25) is 13.9 Å². The predicted octanol–water partition coefficient (Wildman–Crippen LogP) is 0.987. The zero-order valence-corrected chi connectivity index (χ0v) is 14.4. The monoisotopic (exact) mass is 319 g/mol. The van der Waals surface area contributed by atoms with Crippen molar-refractivity contribution in [3.8, 4) is 0 Å². The highest BCUT2D eigenvalue weighted by Crippen LogP contribution is 2.23. The fraction of sp³-hybridized carbons (Fsp3) is 0.688. The average molecular weight is 319 g/mol. The van der Waals surface area contributed by atoms with Crippen LogP contribution < -0.4 is 16.1 Å². The minimum absolute atomic E-state index is 0.287. The van der Waals surface area contributed by atoms with Crippen molar-refractivity contribution in [3.05, 3.63) is 20.8 Å². The highest BCUT2D eigenvalue weighted by atomic mass is 16.2. The van der Waals surface area contributed by atoms with Crippen LogP contribution in [0.2, 0.25) is 0 Å². The summed E-state index contributed by atoms with van der Waals surface area (Å²) < 4.78 is 4.43. The molecule has 0 aliphatic carbocycles. The molecule has 0 spiro atoms. The Morgan fingerprint density at radius 3 is 2.17 bits per heavy atom. The Hall–Kier alpha value is -2.05. The summed E-state index contributed by atoms with van der Waals surface area (Å²) in [5.74, 6) is 1.57. The summed E-state index contributed by atoms with van der Waals surface area (Å²) in [7, 11) is 5.03. The summed E-state index contributed by atoms with van der Waals surface area (Å²) in [5, 5.41) is 0. The van der Waals surface area contributed by atoms with Gasteiger partial charge in [0, 0.05) is 34.2 Å². The molecule has 3 rings (SSSR count). The van der Waals surface area contributed by atoms with E-state index in [0.29, 0.717) is 11.2 Å². The van der Waals surface area contributed by atoms with Crippen molar-refractivity contribution in [2.45, 2.75) is 32.6 Å². The molecule has 0 saturated carbocycles. The van der Waals surface area contributed by atoms with Crippen molar-refractivity contribution in [2.75, 3.05) is 18.0 Å². The van der Waals surface area contributed by atoms with E-state index in [0.717, 1.165) is 42.4 Å². The molecule has 3 heterocycles. The maximum atomic E-state index is 12.5. The van der Waals surface area contributed by atoms with E-state index < -0.39 is 0 Å². The largest absolute Gasteiger partial charge is 0.342 e. The maximum absolute atomic E-state index is 12.5. The normalized spacial score (nSPS) is 17.5. The van der Waals surface area contributed by atoms with Crippen LogP contribution in [0.1, 0.15) is 32.6 Å². The van der Waals surface area contributed by atoms with E-state index in [1.54, 1.807) is 7.05 Å². The molecule has 0 unspecified atom stereocenters. The second-order valence-corrected chi connectivity index (χ2v) is 6.73. The van der Waals surface area contributed by atoms with Crippen molar-refractivity contribution < 1.29 is 0 Å². The van der Waals surface area contributed by atoms with Gasteiger partial charge in [0.25, 0.3) is 5.56 Å². The molecule has 1 aliphatic rings. The first-order valence-electron chi connectivity index (χ1n) is 8.29. The van der Waals surface area contributed by atoms with Crippen molar-refractivity contribution in [1.82, 2.24) is 18.7 Å². The highest BCUT2D eigenvalue weighted by Gasteiger charge is 2.21. The molecular formula is C16H25N5O2. The predicted molar refractivity (Wildman–Crippen MR) is 91.0 cm³/mol. The first-order valence-corrected chi connectivity index (χ1v) is 8.29. The van der Waals surface area contributed by atoms with E-state index in [1.165, 1.54) is 24.5 Å². The van der Waals surface area contributed by atoms with E-state index in [2.05, 4.69) is 16.8 Å². The SMILES string of the molecule is CC1CCCN(c2nc3c(c(=O)n(C)c(=O)n3C)n2C)CCC1. The van der Waals surface area contributed by atoms with Crippen molar-refractivity contribution in [2.24, 2.45) is 27.1 Å². The minimum Gasteiger partial charge on any atom is -0.342 e. The van der Waals surface area contributed by atoms with E-state index in [-0.39, 0.29) is 11.2 Å². The lowest BCUT2D eigenvalue weighted by Crippen LogP contribution is -2.37. The Kier molecular flexibility index (Phi) is 4.04. The number of aryl methyl sites for hydroxylation is 2. The van der Waals surface area contributed by atoms with Crippen LogP contribution >= 0.6 is 0 Å². The van der Waals surface area contributed by atoms with Crippen LogP contribution in [0.4, 0.5) is 5.95 Å². The summed E-state index contributed by atoms with van der Waals surface area (Å²) in [6, 6.07) is 0. The summed E-state index contributed by atoms with van der Waals surface area (Å²) in [4.78, 5) is 31.4. The summed E-state index contributed by atoms with van der Waals surface area (Å²) in [6.07, 6.45) is 4.70. The molecule has 0 aromatic carbocycles. The van der Waals surface area contributed by atoms with Crippen LogP contribution in [0.3, 0.4) is 0 Å². The van der Waals surface area contributed by atoms with Gasteiger partial charge in [0.05, 0.1) is 0 Å². The quantitative estimate of drug-likeness (QED) is 0.786. The number of anilines is 1. The molecule has 126 valence electrons. The topological polar surface area (TPSA) is 65.1 Å². The second kappa shape index (κ2) is 5.86. The molecule has 23 heavy (non-hydrogen) atoms. The van der Waals surface area contributed by atoms with Crippen molar-refractivity contribution in [3.63, 3.8) is 0 Å². The van der Waals surface area contributed by atoms with Gasteiger partial charge in [-0.25, -0.2) is 4.79 Å². The zero-order valence-electron chi connectivity index (χ0n) is 14.4. The zero-order chi connectivity index (χ0) is 16.7. The summed E-state index contributed by atoms with van der Waals surface area (Å²) in [6.45, 7) is 4.19. The molecule has 0 N–H and O–H groups in total. The van der Waals surface area contributed by atoms with E-state index in [9.17, 15) is 9.59 Å². The molecule has 0 radical (unpaired) electrons. The fourth-order valence-corrected chi connectivity index (χ4v) is 3.51. The van der Waals surface area contributed by atoms with E-state index in [4.69, 9.17) is 0 Å². The van der Waals surface area contributed by atoms with E-state index in [1.807, 2.05) is 11.6 Å². The Labute approximate surface area is 135 Å². The van der Waals surface area contributed by atoms with Crippen LogP contribution in [-0.4, -0.2) is 31.8 Å². The Morgan fingerprint density at radius 1 is 0.957 bits per heavy atom. The molecule has 1 saturated heterocycles. The third-order valence-corrected chi connectivity index (χ3v) is 4.98. The summed E-state index contributed by atoms with van der Waals surface area (Å²) >= 11 is 0. The molecule has 1 fully saturated rings. The third-order valence-electron chi connectivity index (χ3n) is 4.98. The van der Waals surface area contributed by atoms with Gasteiger partial charge in [0.15, 0.2) is 11.2 Å². The first kappa shape index (κ1) is 15.8. The Bertz CT molecular complexity index is 835. The van der Waals surface area contributed by atoms with Crippen molar-refractivity contribution in [1.29, 1.82) is 0 Å². The number of hydrogen-bond donors (Lipinski definition) is 0. The number of rotatable bonds is 1. The number of aromatic nitrogens is 4. The molecule has 2 aromatic rings.